The summed E-state index contributed by atoms with van der Waals surface area (Å²) in [5.41, 5.74) is 3.32. The van der Waals surface area contributed by atoms with Gasteiger partial charge >= 0.3 is 0 Å². The number of amidine groups is 1. The van der Waals surface area contributed by atoms with Crippen LogP contribution in [-0.4, -0.2) is 68.5 Å². The molecular weight excluding hydrogens is 370 g/mol. The minimum absolute atomic E-state index is 0.173. The number of benzene rings is 1. The Morgan fingerprint density at radius 3 is 2.34 bits per heavy atom. The van der Waals surface area contributed by atoms with E-state index < -0.39 is 0 Å². The van der Waals surface area contributed by atoms with Crippen molar-refractivity contribution in [1.82, 2.24) is 15.2 Å². The minimum Gasteiger partial charge on any atom is -0.493 e. The first-order valence-corrected chi connectivity index (χ1v) is 10.0. The Morgan fingerprint density at radius 2 is 1.86 bits per heavy atom. The van der Waals surface area contributed by atoms with Crippen molar-refractivity contribution in [2.24, 2.45) is 16.3 Å². The van der Waals surface area contributed by atoms with Gasteiger partial charge in [0.05, 0.1) is 20.3 Å². The van der Waals surface area contributed by atoms with Crippen LogP contribution in [0.1, 0.15) is 39.3 Å². The number of aliphatic imine (C=N–C) groups is 1. The van der Waals surface area contributed by atoms with E-state index in [1.807, 2.05) is 50.8 Å². The van der Waals surface area contributed by atoms with E-state index in [1.165, 1.54) is 0 Å². The van der Waals surface area contributed by atoms with E-state index in [0.29, 0.717) is 50.1 Å². The summed E-state index contributed by atoms with van der Waals surface area (Å²) in [6.07, 6.45) is 0. The molecule has 0 saturated carbocycles. The fourth-order valence-electron chi connectivity index (χ4n) is 3.68. The maximum absolute atomic E-state index is 12.7. The van der Waals surface area contributed by atoms with E-state index in [4.69, 9.17) is 15.3 Å². The molecule has 1 aromatic rings. The Morgan fingerprint density at radius 1 is 1.21 bits per heavy atom. The molecule has 1 atom stereocenters. The van der Waals surface area contributed by atoms with E-state index in [2.05, 4.69) is 15.3 Å². The maximum Gasteiger partial charge on any atom is 0.228 e. The number of nitrogens with zero attached hydrogens (tertiary/aromatic N) is 3. The average Bonchev–Trinajstić information content (AvgIpc) is 2.72. The second kappa shape index (κ2) is 9.93. The van der Waals surface area contributed by atoms with Crippen molar-refractivity contribution in [3.05, 3.63) is 23.8 Å². The topological polar surface area (TPSA) is 92.4 Å². The van der Waals surface area contributed by atoms with Crippen molar-refractivity contribution in [1.29, 1.82) is 0 Å². The molecule has 1 fully saturated rings. The molecule has 1 heterocycles. The number of piperazine rings is 1. The van der Waals surface area contributed by atoms with Gasteiger partial charge in [-0.2, -0.15) is 0 Å². The number of amides is 1. The van der Waals surface area contributed by atoms with Gasteiger partial charge in [0.1, 0.15) is 5.84 Å². The Balaban J connectivity index is 2.37. The molecule has 1 amide bonds. The van der Waals surface area contributed by atoms with E-state index in [9.17, 15) is 4.79 Å². The molecule has 162 valence electrons. The molecule has 0 aliphatic carbocycles. The van der Waals surface area contributed by atoms with Gasteiger partial charge in [-0.15, -0.1) is 0 Å². The van der Waals surface area contributed by atoms with Crippen molar-refractivity contribution in [2.75, 3.05) is 46.9 Å². The molecule has 8 nitrogen and oxygen atoms in total. The molecule has 1 unspecified atom stereocenters. The third kappa shape index (κ3) is 5.19. The lowest BCUT2D eigenvalue weighted by atomic mass is 9.94. The Labute approximate surface area is 174 Å². The van der Waals surface area contributed by atoms with Gasteiger partial charge in [0.15, 0.2) is 11.5 Å². The number of carbonyl (C=O) groups is 1. The Bertz CT molecular complexity index is 722. The minimum atomic E-state index is -0.384. The van der Waals surface area contributed by atoms with Crippen molar-refractivity contribution < 1.29 is 14.3 Å². The van der Waals surface area contributed by atoms with Crippen LogP contribution in [0.15, 0.2) is 23.2 Å². The van der Waals surface area contributed by atoms with Gasteiger partial charge in [-0.25, -0.2) is 5.84 Å². The number of nitrogens with one attached hydrogen (secondary N) is 1. The quantitative estimate of drug-likeness (QED) is 0.325. The highest BCUT2D eigenvalue weighted by atomic mass is 16.5. The first-order chi connectivity index (χ1) is 13.8. The second-order valence-electron chi connectivity index (χ2n) is 8.07. The van der Waals surface area contributed by atoms with E-state index in [1.54, 1.807) is 14.2 Å². The van der Waals surface area contributed by atoms with Crippen molar-refractivity contribution in [3.63, 3.8) is 0 Å². The summed E-state index contributed by atoms with van der Waals surface area (Å²) in [6.45, 7) is 11.2. The summed E-state index contributed by atoms with van der Waals surface area (Å²) in [6, 6.07) is 5.58. The third-order valence-electron chi connectivity index (χ3n) is 5.07. The van der Waals surface area contributed by atoms with Gasteiger partial charge in [-0.3, -0.25) is 14.7 Å². The van der Waals surface area contributed by atoms with Gasteiger partial charge in [0.2, 0.25) is 5.91 Å². The zero-order valence-electron chi connectivity index (χ0n) is 18.5. The summed E-state index contributed by atoms with van der Waals surface area (Å²) < 4.78 is 11.2. The highest BCUT2D eigenvalue weighted by molar-refractivity contribution is 5.89. The highest BCUT2D eigenvalue weighted by Gasteiger charge is 2.35. The van der Waals surface area contributed by atoms with Crippen LogP contribution in [0.3, 0.4) is 0 Å². The standard InChI is InChI=1S/C21H35N5O3/c1-7-23-19(24-22)17(15-9-8-10-16(28-5)18(15)29-6)25-11-13-26(14-12-25)20(27)21(2,3)4/h8-10,17H,7,11-14,22H2,1-6H3,(H,23,24). The second-order valence-corrected chi connectivity index (χ2v) is 8.07. The van der Waals surface area contributed by atoms with Crippen LogP contribution < -0.4 is 20.7 Å². The van der Waals surface area contributed by atoms with Gasteiger partial charge in [-0.05, 0) is 13.0 Å². The summed E-state index contributed by atoms with van der Waals surface area (Å²) in [5.74, 6) is 8.01. The first-order valence-electron chi connectivity index (χ1n) is 10.0. The summed E-state index contributed by atoms with van der Waals surface area (Å²) in [4.78, 5) is 21.4. The largest absolute Gasteiger partial charge is 0.493 e. The van der Waals surface area contributed by atoms with Crippen LogP contribution >= 0.6 is 0 Å². The van der Waals surface area contributed by atoms with Crippen LogP contribution in [0, 0.1) is 5.41 Å². The molecule has 1 saturated heterocycles. The van der Waals surface area contributed by atoms with Crippen LogP contribution in [0.5, 0.6) is 11.5 Å². The fraction of sp³-hybridized carbons (Fsp3) is 0.619. The molecule has 0 spiro atoms. The lowest BCUT2D eigenvalue weighted by Gasteiger charge is -2.41. The van der Waals surface area contributed by atoms with Gasteiger partial charge < -0.3 is 19.8 Å². The lowest BCUT2D eigenvalue weighted by Crippen LogP contribution is -2.54. The van der Waals surface area contributed by atoms with E-state index in [0.717, 1.165) is 5.56 Å². The molecule has 1 aliphatic heterocycles. The van der Waals surface area contributed by atoms with Crippen LogP contribution in [0.2, 0.25) is 0 Å². The predicted molar refractivity (Wildman–Crippen MR) is 115 cm³/mol. The Kier molecular flexibility index (Phi) is 7.87. The number of hydrogen-bond donors (Lipinski definition) is 2. The third-order valence-corrected chi connectivity index (χ3v) is 5.07. The summed E-state index contributed by atoms with van der Waals surface area (Å²) >= 11 is 0. The number of carbonyl (C=O) groups excluding carboxylic acids is 1. The van der Waals surface area contributed by atoms with Crippen molar-refractivity contribution in [2.45, 2.75) is 33.7 Å². The highest BCUT2D eigenvalue weighted by Crippen LogP contribution is 2.37. The number of hydrogen-bond acceptors (Lipinski definition) is 6. The fourth-order valence-corrected chi connectivity index (χ4v) is 3.68. The molecular formula is C21H35N5O3. The van der Waals surface area contributed by atoms with Gasteiger partial charge in [0.25, 0.3) is 0 Å². The molecule has 0 bridgehead atoms. The summed E-state index contributed by atoms with van der Waals surface area (Å²) in [5, 5.41) is 0. The summed E-state index contributed by atoms with van der Waals surface area (Å²) in [7, 11) is 3.25. The molecule has 3 N–H and O–H groups in total. The van der Waals surface area contributed by atoms with E-state index in [-0.39, 0.29) is 17.4 Å². The van der Waals surface area contributed by atoms with Crippen molar-refractivity contribution in [3.8, 4) is 11.5 Å². The number of nitrogens with two attached hydrogens (primary N) is 1. The SMILES string of the molecule is CCN=C(NN)C(c1cccc(OC)c1OC)N1CCN(C(=O)C(C)(C)C)CC1. The van der Waals surface area contributed by atoms with Gasteiger partial charge in [-0.1, -0.05) is 32.9 Å². The number of rotatable bonds is 6. The molecule has 0 radical (unpaired) electrons. The van der Waals surface area contributed by atoms with Gasteiger partial charge in [0, 0.05) is 43.7 Å². The van der Waals surface area contributed by atoms with Crippen molar-refractivity contribution >= 4 is 11.7 Å². The Hall–Kier alpha value is -2.32. The number of ether oxygens (including phenoxy) is 2. The molecule has 2 rings (SSSR count). The average molecular weight is 406 g/mol. The lowest BCUT2D eigenvalue weighted by molar-refractivity contribution is -0.141. The number of para-hydroxylation sites is 1. The number of methoxy groups -OCH3 is 2. The molecule has 1 aliphatic rings. The number of hydrazine groups is 1. The predicted octanol–water partition coefficient (Wildman–Crippen LogP) is 1.82. The molecule has 29 heavy (non-hydrogen) atoms. The molecule has 8 heteroatoms. The monoisotopic (exact) mass is 405 g/mol. The van der Waals surface area contributed by atoms with Crippen LogP contribution in [0.25, 0.3) is 0 Å². The first kappa shape index (κ1) is 23.0. The molecule has 1 aromatic carbocycles. The van der Waals surface area contributed by atoms with Crippen LogP contribution in [0.4, 0.5) is 0 Å². The molecule has 0 aromatic heterocycles. The zero-order valence-corrected chi connectivity index (χ0v) is 18.5. The van der Waals surface area contributed by atoms with E-state index >= 15 is 0 Å². The maximum atomic E-state index is 12.7. The van der Waals surface area contributed by atoms with Crippen LogP contribution in [-0.2, 0) is 4.79 Å². The normalized spacial score (nSPS) is 17.1. The zero-order chi connectivity index (χ0) is 21.6. The smallest absolute Gasteiger partial charge is 0.228 e.